The monoisotopic (exact) mass is 560 g/mol. The number of pyridine rings is 1. The fourth-order valence-corrected chi connectivity index (χ4v) is 7.40. The molecule has 2 aromatic carbocycles. The molecule has 0 unspecified atom stereocenters. The predicted octanol–water partition coefficient (Wildman–Crippen LogP) is 5.23. The summed E-state index contributed by atoms with van der Waals surface area (Å²) in [5.41, 5.74) is 4.35. The smallest absolute Gasteiger partial charge is 0.178 e. The number of thiazole rings is 1. The third-order valence-electron chi connectivity index (χ3n) is 7.34. The number of hydrogen-bond acceptors (Lipinski definition) is 8. The zero-order chi connectivity index (χ0) is 27.1. The van der Waals surface area contributed by atoms with Crippen molar-refractivity contribution in [3.63, 3.8) is 0 Å². The maximum Gasteiger partial charge on any atom is 0.178 e. The number of hydrogen-bond donors (Lipinski definition) is 1. The molecule has 2 atom stereocenters. The Hall–Kier alpha value is -3.40. The summed E-state index contributed by atoms with van der Waals surface area (Å²) in [4.78, 5) is 23.0. The number of rotatable bonds is 8. The van der Waals surface area contributed by atoms with Crippen LogP contribution in [0.1, 0.15) is 45.6 Å². The van der Waals surface area contributed by atoms with Gasteiger partial charge in [0, 0.05) is 40.7 Å². The van der Waals surface area contributed by atoms with Crippen molar-refractivity contribution in [2.45, 2.75) is 37.5 Å². The minimum atomic E-state index is -3.42. The van der Waals surface area contributed by atoms with E-state index in [9.17, 15) is 18.3 Å². The van der Waals surface area contributed by atoms with Crippen molar-refractivity contribution in [3.8, 4) is 27.3 Å². The topological polar surface area (TPSA) is 106 Å². The van der Waals surface area contributed by atoms with Crippen LogP contribution in [0.3, 0.4) is 0 Å². The summed E-state index contributed by atoms with van der Waals surface area (Å²) in [5.74, 6) is -0.475. The number of ether oxygens (including phenoxy) is 1. The highest BCUT2D eigenvalue weighted by molar-refractivity contribution is 7.93. The molecule has 0 spiro atoms. The molecule has 4 aromatic rings. The molecule has 39 heavy (non-hydrogen) atoms. The van der Waals surface area contributed by atoms with Crippen LogP contribution in [-0.4, -0.2) is 46.9 Å². The van der Waals surface area contributed by atoms with Crippen LogP contribution in [0, 0.1) is 12.8 Å². The molecule has 200 valence electrons. The molecular formula is C30H28N2O5S2. The Morgan fingerprint density at radius 1 is 1.05 bits per heavy atom. The van der Waals surface area contributed by atoms with Crippen molar-refractivity contribution in [1.29, 1.82) is 0 Å². The molecule has 2 aromatic heterocycles. The maximum atomic E-state index is 13.0. The lowest BCUT2D eigenvalue weighted by molar-refractivity contribution is 0.0503. The molecule has 1 fully saturated rings. The van der Waals surface area contributed by atoms with Gasteiger partial charge in [-0.25, -0.2) is 13.4 Å². The predicted molar refractivity (Wildman–Crippen MR) is 151 cm³/mol. The molecule has 1 aliphatic carbocycles. The van der Waals surface area contributed by atoms with Crippen molar-refractivity contribution in [1.82, 2.24) is 9.97 Å². The number of aromatic nitrogens is 2. The second-order valence-corrected chi connectivity index (χ2v) is 13.7. The van der Waals surface area contributed by atoms with Crippen LogP contribution in [0.2, 0.25) is 0 Å². The number of Topliss-reactive ketones (excluding diaryl/α,β-unsaturated/α-hetero) is 1. The van der Waals surface area contributed by atoms with E-state index in [0.29, 0.717) is 48.3 Å². The fraction of sp³-hybridized carbons (Fsp3) is 0.300. The van der Waals surface area contributed by atoms with Gasteiger partial charge in [-0.05, 0) is 49.4 Å². The average Bonchev–Trinajstić information content (AvgIpc) is 3.72. The molecule has 3 heterocycles. The van der Waals surface area contributed by atoms with E-state index < -0.39 is 27.5 Å². The molecule has 1 N–H and O–H groups in total. The maximum absolute atomic E-state index is 13.0. The third kappa shape index (κ3) is 5.39. The lowest BCUT2D eigenvalue weighted by Crippen LogP contribution is -2.28. The zero-order valence-corrected chi connectivity index (χ0v) is 23.0. The van der Waals surface area contributed by atoms with Gasteiger partial charge in [-0.1, -0.05) is 42.5 Å². The molecule has 0 amide bonds. The molecule has 2 aliphatic rings. The van der Waals surface area contributed by atoms with Crippen LogP contribution in [0.25, 0.3) is 21.6 Å². The van der Waals surface area contributed by atoms with E-state index in [1.165, 1.54) is 0 Å². The number of carbonyl (C=O) groups excluding carboxylic acids is 1. The summed E-state index contributed by atoms with van der Waals surface area (Å²) in [6, 6.07) is 16.5. The fourth-order valence-electron chi connectivity index (χ4n) is 5.02. The SMILES string of the molecule is Cc1ncc(-c2ccc(C[C@H]3COc4cc(-c5ccccc5C(=O)CS(=O)(=O)C5CC5)ccc4[C@@H]3O)nc2)s1. The second-order valence-electron chi connectivity index (χ2n) is 10.2. The molecule has 0 saturated heterocycles. The van der Waals surface area contributed by atoms with Crippen molar-refractivity contribution in [2.24, 2.45) is 5.92 Å². The van der Waals surface area contributed by atoms with Crippen LogP contribution in [-0.2, 0) is 16.3 Å². The molecular weight excluding hydrogens is 532 g/mol. The Morgan fingerprint density at radius 2 is 1.85 bits per heavy atom. The van der Waals surface area contributed by atoms with Crippen LogP contribution >= 0.6 is 11.3 Å². The number of nitrogens with zero attached hydrogens (tertiary/aromatic N) is 2. The Bertz CT molecular complexity index is 1640. The zero-order valence-electron chi connectivity index (χ0n) is 21.4. The van der Waals surface area contributed by atoms with Crippen molar-refractivity contribution >= 4 is 27.0 Å². The molecule has 0 bridgehead atoms. The summed E-state index contributed by atoms with van der Waals surface area (Å²) >= 11 is 1.63. The second kappa shape index (κ2) is 10.3. The Labute approximate surface area is 231 Å². The molecule has 9 heteroatoms. The highest BCUT2D eigenvalue weighted by Gasteiger charge is 2.37. The standard InChI is InChI=1S/C30H28N2O5S2/c1-18-31-15-29(38-18)20-6-8-22(32-14-20)12-21-16-37-28-13-19(7-11-26(28)30(21)34)24-4-2-3-5-25(24)27(33)17-39(35,36)23-9-10-23/h2-8,11,13-15,21,23,30,34H,9-10,12,16-17H2,1H3/t21-,30+/m0/s1. The van der Waals surface area contributed by atoms with Crippen molar-refractivity contribution < 1.29 is 23.1 Å². The molecule has 1 aliphatic heterocycles. The first-order valence-corrected chi connectivity index (χ1v) is 15.5. The van der Waals surface area contributed by atoms with Gasteiger partial charge in [0.2, 0.25) is 0 Å². The summed E-state index contributed by atoms with van der Waals surface area (Å²) in [5, 5.41) is 11.8. The van der Waals surface area contributed by atoms with E-state index in [1.807, 2.05) is 61.8 Å². The van der Waals surface area contributed by atoms with Crippen LogP contribution < -0.4 is 4.74 Å². The van der Waals surface area contributed by atoms with Crippen LogP contribution in [0.4, 0.5) is 0 Å². The summed E-state index contributed by atoms with van der Waals surface area (Å²) < 4.78 is 30.9. The minimum absolute atomic E-state index is 0.158. The van der Waals surface area contributed by atoms with Crippen molar-refractivity contribution in [3.05, 3.63) is 88.8 Å². The van der Waals surface area contributed by atoms with E-state index in [-0.39, 0.29) is 11.2 Å². The number of aryl methyl sites for hydroxylation is 1. The van der Waals surface area contributed by atoms with E-state index in [2.05, 4.69) is 9.97 Å². The normalized spacial score (nSPS) is 18.8. The van der Waals surface area contributed by atoms with Gasteiger partial charge in [-0.3, -0.25) is 9.78 Å². The minimum Gasteiger partial charge on any atom is -0.493 e. The van der Waals surface area contributed by atoms with Crippen molar-refractivity contribution in [2.75, 3.05) is 12.4 Å². The molecule has 1 saturated carbocycles. The number of carbonyl (C=O) groups is 1. The third-order valence-corrected chi connectivity index (χ3v) is 10.5. The number of benzene rings is 2. The highest BCUT2D eigenvalue weighted by atomic mass is 32.2. The molecule has 6 rings (SSSR count). The van der Waals surface area contributed by atoms with Gasteiger partial charge < -0.3 is 9.84 Å². The highest BCUT2D eigenvalue weighted by Crippen LogP contribution is 2.40. The Morgan fingerprint density at radius 3 is 2.56 bits per heavy atom. The lowest BCUT2D eigenvalue weighted by Gasteiger charge is -2.30. The van der Waals surface area contributed by atoms with E-state index in [1.54, 1.807) is 23.5 Å². The van der Waals surface area contributed by atoms with Gasteiger partial charge in [-0.2, -0.15) is 0 Å². The van der Waals surface area contributed by atoms with Gasteiger partial charge in [0.25, 0.3) is 0 Å². The van der Waals surface area contributed by atoms with E-state index in [0.717, 1.165) is 26.7 Å². The number of ketones is 1. The first kappa shape index (κ1) is 25.9. The summed E-state index contributed by atoms with van der Waals surface area (Å²) in [6.45, 7) is 2.30. The summed E-state index contributed by atoms with van der Waals surface area (Å²) in [7, 11) is -3.42. The first-order chi connectivity index (χ1) is 18.8. The van der Waals surface area contributed by atoms with Crippen LogP contribution in [0.5, 0.6) is 5.75 Å². The van der Waals surface area contributed by atoms with Gasteiger partial charge in [-0.15, -0.1) is 11.3 Å². The first-order valence-electron chi connectivity index (χ1n) is 13.0. The lowest BCUT2D eigenvalue weighted by atomic mass is 9.88. The van der Waals surface area contributed by atoms with E-state index >= 15 is 0 Å². The molecule has 7 nitrogen and oxygen atoms in total. The Balaban J connectivity index is 1.19. The van der Waals surface area contributed by atoms with E-state index in [4.69, 9.17) is 4.74 Å². The number of aliphatic hydroxyl groups excluding tert-OH is 1. The average molecular weight is 561 g/mol. The quantitative estimate of drug-likeness (QED) is 0.294. The van der Waals surface area contributed by atoms with Gasteiger partial charge in [0.1, 0.15) is 11.5 Å². The van der Waals surface area contributed by atoms with Gasteiger partial charge in [0.05, 0.1) is 27.8 Å². The Kier molecular flexibility index (Phi) is 6.82. The number of aliphatic hydroxyl groups is 1. The number of fused-ring (bicyclic) bond motifs is 1. The van der Waals surface area contributed by atoms with Gasteiger partial charge >= 0.3 is 0 Å². The van der Waals surface area contributed by atoms with Crippen LogP contribution in [0.15, 0.2) is 67.0 Å². The largest absolute Gasteiger partial charge is 0.493 e. The molecule has 0 radical (unpaired) electrons. The summed E-state index contributed by atoms with van der Waals surface area (Å²) in [6.07, 6.45) is 4.80. The number of sulfone groups is 1. The van der Waals surface area contributed by atoms with Gasteiger partial charge in [0.15, 0.2) is 15.6 Å².